The monoisotopic (exact) mass is 324 g/mol. The van der Waals surface area contributed by atoms with E-state index in [2.05, 4.69) is 5.32 Å². The predicted octanol–water partition coefficient (Wildman–Crippen LogP) is 2.01. The molecule has 0 saturated carbocycles. The highest BCUT2D eigenvalue weighted by molar-refractivity contribution is 5.67. The number of carbonyl (C=O) groups is 1. The Hall–Kier alpha value is -2.17. The van der Waals surface area contributed by atoms with Crippen molar-refractivity contribution in [2.45, 2.75) is 45.0 Å². The van der Waals surface area contributed by atoms with Gasteiger partial charge in [0.15, 0.2) is 0 Å². The van der Waals surface area contributed by atoms with Crippen LogP contribution >= 0.6 is 0 Å². The Morgan fingerprint density at radius 2 is 2.09 bits per heavy atom. The summed E-state index contributed by atoms with van der Waals surface area (Å²) in [6, 6.07) is 5.38. The second-order valence-corrected chi connectivity index (χ2v) is 6.08. The molecule has 0 fully saturated rings. The van der Waals surface area contributed by atoms with E-state index in [4.69, 9.17) is 10.00 Å². The summed E-state index contributed by atoms with van der Waals surface area (Å²) in [6.45, 7) is 5.22. The SMILES string of the molecule is CC(C)(C)OC(=O)NCCC(O)C(O)c1ccc(C#N)cc1F. The van der Waals surface area contributed by atoms with E-state index in [1.54, 1.807) is 26.8 Å². The zero-order valence-corrected chi connectivity index (χ0v) is 13.3. The van der Waals surface area contributed by atoms with Crippen molar-refractivity contribution in [1.82, 2.24) is 5.32 Å². The van der Waals surface area contributed by atoms with E-state index in [-0.39, 0.29) is 24.1 Å². The van der Waals surface area contributed by atoms with Gasteiger partial charge in [-0.15, -0.1) is 0 Å². The molecule has 23 heavy (non-hydrogen) atoms. The summed E-state index contributed by atoms with van der Waals surface area (Å²) in [5, 5.41) is 31.0. The van der Waals surface area contributed by atoms with Crippen LogP contribution in [0.1, 0.15) is 44.4 Å². The third-order valence-corrected chi connectivity index (χ3v) is 2.92. The van der Waals surface area contributed by atoms with Gasteiger partial charge < -0.3 is 20.3 Å². The smallest absolute Gasteiger partial charge is 0.407 e. The van der Waals surface area contributed by atoms with E-state index >= 15 is 0 Å². The van der Waals surface area contributed by atoms with Crippen LogP contribution in [-0.4, -0.2) is 34.6 Å². The molecule has 0 aromatic heterocycles. The lowest BCUT2D eigenvalue weighted by Crippen LogP contribution is -2.34. The highest BCUT2D eigenvalue weighted by Crippen LogP contribution is 2.22. The minimum Gasteiger partial charge on any atom is -0.444 e. The van der Waals surface area contributed by atoms with Gasteiger partial charge in [-0.25, -0.2) is 9.18 Å². The first kappa shape index (κ1) is 18.9. The topological polar surface area (TPSA) is 103 Å². The average molecular weight is 324 g/mol. The molecule has 0 saturated heterocycles. The zero-order valence-electron chi connectivity index (χ0n) is 13.3. The lowest BCUT2D eigenvalue weighted by Gasteiger charge is -2.21. The summed E-state index contributed by atoms with van der Waals surface area (Å²) in [6.07, 6.45) is -3.35. The molecule has 126 valence electrons. The number of alkyl carbamates (subject to hydrolysis) is 1. The number of hydrogen-bond donors (Lipinski definition) is 3. The van der Waals surface area contributed by atoms with Crippen molar-refractivity contribution in [1.29, 1.82) is 5.26 Å². The molecule has 2 unspecified atom stereocenters. The van der Waals surface area contributed by atoms with Gasteiger partial charge in [-0.3, -0.25) is 0 Å². The van der Waals surface area contributed by atoms with Gasteiger partial charge in [0.1, 0.15) is 17.5 Å². The molecule has 7 heteroatoms. The number of nitrogens with one attached hydrogen (secondary N) is 1. The van der Waals surface area contributed by atoms with Crippen LogP contribution in [-0.2, 0) is 4.74 Å². The van der Waals surface area contributed by atoms with E-state index in [9.17, 15) is 19.4 Å². The highest BCUT2D eigenvalue weighted by atomic mass is 19.1. The minimum atomic E-state index is -1.46. The Morgan fingerprint density at radius 3 is 2.61 bits per heavy atom. The molecule has 3 N–H and O–H groups in total. The predicted molar refractivity (Wildman–Crippen MR) is 80.9 cm³/mol. The molecular weight excluding hydrogens is 303 g/mol. The summed E-state index contributed by atoms with van der Waals surface area (Å²) in [7, 11) is 0. The summed E-state index contributed by atoms with van der Waals surface area (Å²) in [4.78, 5) is 11.4. The Bertz CT molecular complexity index is 593. The number of ether oxygens (including phenoxy) is 1. The van der Waals surface area contributed by atoms with Crippen LogP contribution in [0.4, 0.5) is 9.18 Å². The Labute approximate surface area is 134 Å². The van der Waals surface area contributed by atoms with E-state index in [1.165, 1.54) is 12.1 Å². The maximum atomic E-state index is 13.8. The van der Waals surface area contributed by atoms with Gasteiger partial charge in [-0.2, -0.15) is 5.26 Å². The van der Waals surface area contributed by atoms with Crippen molar-refractivity contribution in [3.8, 4) is 6.07 Å². The fraction of sp³-hybridized carbons (Fsp3) is 0.500. The molecule has 0 aliphatic heterocycles. The number of rotatable bonds is 5. The summed E-state index contributed by atoms with van der Waals surface area (Å²) in [5.41, 5.74) is -0.610. The molecule has 1 rings (SSSR count). The van der Waals surface area contributed by atoms with Crippen LogP contribution in [0, 0.1) is 17.1 Å². The third kappa shape index (κ3) is 6.22. The number of hydrogen-bond acceptors (Lipinski definition) is 5. The molecule has 0 spiro atoms. The number of aliphatic hydroxyl groups is 2. The van der Waals surface area contributed by atoms with Crippen molar-refractivity contribution in [3.63, 3.8) is 0 Å². The molecule has 0 bridgehead atoms. The Morgan fingerprint density at radius 1 is 1.43 bits per heavy atom. The van der Waals surface area contributed by atoms with Crippen LogP contribution in [0.5, 0.6) is 0 Å². The van der Waals surface area contributed by atoms with Crippen molar-refractivity contribution in [2.24, 2.45) is 0 Å². The molecule has 0 aliphatic carbocycles. The second-order valence-electron chi connectivity index (χ2n) is 6.08. The molecule has 0 aliphatic rings. The van der Waals surface area contributed by atoms with E-state index < -0.39 is 29.7 Å². The summed E-state index contributed by atoms with van der Waals surface area (Å²) >= 11 is 0. The van der Waals surface area contributed by atoms with Crippen LogP contribution in [0.25, 0.3) is 0 Å². The first-order valence-electron chi connectivity index (χ1n) is 7.16. The van der Waals surface area contributed by atoms with Gasteiger partial charge in [0.2, 0.25) is 0 Å². The van der Waals surface area contributed by atoms with Gasteiger partial charge in [0.25, 0.3) is 0 Å². The lowest BCUT2D eigenvalue weighted by atomic mass is 10.0. The molecule has 1 amide bonds. The molecular formula is C16H21FN2O4. The first-order valence-corrected chi connectivity index (χ1v) is 7.16. The molecule has 0 radical (unpaired) electrons. The van der Waals surface area contributed by atoms with E-state index in [0.29, 0.717) is 0 Å². The fourth-order valence-corrected chi connectivity index (χ4v) is 1.84. The number of benzene rings is 1. The molecule has 0 heterocycles. The molecule has 1 aromatic carbocycles. The van der Waals surface area contributed by atoms with Gasteiger partial charge in [-0.1, -0.05) is 6.07 Å². The number of halogens is 1. The van der Waals surface area contributed by atoms with Crippen LogP contribution in [0.15, 0.2) is 18.2 Å². The van der Waals surface area contributed by atoms with Crippen LogP contribution < -0.4 is 5.32 Å². The largest absolute Gasteiger partial charge is 0.444 e. The number of carbonyl (C=O) groups excluding carboxylic acids is 1. The second kappa shape index (κ2) is 7.90. The van der Waals surface area contributed by atoms with Gasteiger partial charge in [-0.05, 0) is 39.3 Å². The zero-order chi connectivity index (χ0) is 17.6. The van der Waals surface area contributed by atoms with Crippen LogP contribution in [0.3, 0.4) is 0 Å². The summed E-state index contributed by atoms with van der Waals surface area (Å²) in [5.74, 6) is -0.768. The Kier molecular flexibility index (Phi) is 6.49. The fourth-order valence-electron chi connectivity index (χ4n) is 1.84. The lowest BCUT2D eigenvalue weighted by molar-refractivity contribution is 0.0104. The van der Waals surface area contributed by atoms with Crippen molar-refractivity contribution in [2.75, 3.05) is 6.54 Å². The van der Waals surface area contributed by atoms with Crippen molar-refractivity contribution >= 4 is 6.09 Å². The maximum Gasteiger partial charge on any atom is 0.407 e. The van der Waals surface area contributed by atoms with Crippen molar-refractivity contribution in [3.05, 3.63) is 35.1 Å². The molecule has 2 atom stereocenters. The average Bonchev–Trinajstić information content (AvgIpc) is 2.44. The van der Waals surface area contributed by atoms with E-state index in [1.807, 2.05) is 0 Å². The minimum absolute atomic E-state index is 0.0137. The first-order chi connectivity index (χ1) is 10.6. The molecule has 1 aromatic rings. The molecule has 6 nitrogen and oxygen atoms in total. The van der Waals surface area contributed by atoms with Gasteiger partial charge in [0, 0.05) is 12.1 Å². The normalized spacial score (nSPS) is 13.8. The van der Waals surface area contributed by atoms with Crippen molar-refractivity contribution < 1.29 is 24.1 Å². The summed E-state index contributed by atoms with van der Waals surface area (Å²) < 4.78 is 18.8. The number of amides is 1. The maximum absolute atomic E-state index is 13.8. The number of aliphatic hydroxyl groups excluding tert-OH is 2. The van der Waals surface area contributed by atoms with Gasteiger partial charge >= 0.3 is 6.09 Å². The standard InChI is InChI=1S/C16H21FN2O4/c1-16(2,3)23-15(22)19-7-6-13(20)14(21)11-5-4-10(9-18)8-12(11)17/h4-5,8,13-14,20-21H,6-7H2,1-3H3,(H,19,22). The Balaban J connectivity index is 2.53. The van der Waals surface area contributed by atoms with E-state index in [0.717, 1.165) is 6.07 Å². The van der Waals surface area contributed by atoms with Crippen LogP contribution in [0.2, 0.25) is 0 Å². The van der Waals surface area contributed by atoms with Gasteiger partial charge in [0.05, 0.1) is 17.7 Å². The number of nitriles is 1. The quantitative estimate of drug-likeness (QED) is 0.769. The third-order valence-electron chi connectivity index (χ3n) is 2.92. The number of nitrogens with zero attached hydrogens (tertiary/aromatic N) is 1. The highest BCUT2D eigenvalue weighted by Gasteiger charge is 2.22.